The number of amides is 1. The highest BCUT2D eigenvalue weighted by Gasteiger charge is 2.01. The summed E-state index contributed by atoms with van der Waals surface area (Å²) in [6.45, 7) is 0. The van der Waals surface area contributed by atoms with Crippen LogP contribution in [0.4, 0.5) is 11.4 Å². The maximum Gasteiger partial charge on any atom is 0.248 e. The van der Waals surface area contributed by atoms with Crippen molar-refractivity contribution in [2.24, 2.45) is 0 Å². The molecule has 0 radical (unpaired) electrons. The molecule has 0 aromatic heterocycles. The number of phenols is 1. The number of nitrogens with two attached hydrogens (primary N) is 1. The van der Waals surface area contributed by atoms with Crippen molar-refractivity contribution in [3.05, 3.63) is 54.1 Å². The largest absolute Gasteiger partial charge is 0.504 e. The van der Waals surface area contributed by atoms with Crippen LogP contribution in [0.25, 0.3) is 6.08 Å². The summed E-state index contributed by atoms with van der Waals surface area (Å²) in [6, 6.07) is 11.7. The van der Waals surface area contributed by atoms with Crippen LogP contribution < -0.4 is 15.8 Å². The summed E-state index contributed by atoms with van der Waals surface area (Å²) < 4.78 is 5.00. The van der Waals surface area contributed by atoms with Crippen molar-refractivity contribution in [3.8, 4) is 11.5 Å². The van der Waals surface area contributed by atoms with Gasteiger partial charge in [-0.15, -0.1) is 0 Å². The molecule has 108 valence electrons. The summed E-state index contributed by atoms with van der Waals surface area (Å²) in [5.74, 6) is 0.156. The van der Waals surface area contributed by atoms with E-state index in [1.165, 1.54) is 19.3 Å². The number of nitrogens with one attached hydrogen (secondary N) is 1. The Labute approximate surface area is 122 Å². The van der Waals surface area contributed by atoms with Gasteiger partial charge in [-0.2, -0.15) is 0 Å². The predicted molar refractivity (Wildman–Crippen MR) is 83.2 cm³/mol. The number of nitrogen functional groups attached to an aromatic ring is 1. The third-order valence-corrected chi connectivity index (χ3v) is 2.81. The fraction of sp³-hybridized carbons (Fsp3) is 0.0625. The van der Waals surface area contributed by atoms with Crippen LogP contribution in [0.5, 0.6) is 11.5 Å². The fourth-order valence-electron chi connectivity index (χ4n) is 1.72. The second kappa shape index (κ2) is 6.47. The molecule has 2 rings (SSSR count). The molecule has 4 N–H and O–H groups in total. The lowest BCUT2D eigenvalue weighted by atomic mass is 10.2. The van der Waals surface area contributed by atoms with Gasteiger partial charge >= 0.3 is 0 Å². The second-order valence-corrected chi connectivity index (χ2v) is 4.38. The van der Waals surface area contributed by atoms with E-state index in [9.17, 15) is 9.90 Å². The van der Waals surface area contributed by atoms with Crippen molar-refractivity contribution in [3.63, 3.8) is 0 Å². The molecule has 0 aliphatic rings. The third-order valence-electron chi connectivity index (χ3n) is 2.81. The first kappa shape index (κ1) is 14.5. The van der Waals surface area contributed by atoms with Crippen LogP contribution in [-0.2, 0) is 4.79 Å². The van der Waals surface area contributed by atoms with Gasteiger partial charge in [0.1, 0.15) is 0 Å². The van der Waals surface area contributed by atoms with Gasteiger partial charge in [0.25, 0.3) is 0 Å². The normalized spacial score (nSPS) is 10.5. The first-order valence-corrected chi connectivity index (χ1v) is 6.30. The Hall–Kier alpha value is -2.95. The number of hydrogen-bond acceptors (Lipinski definition) is 4. The number of rotatable bonds is 4. The average Bonchev–Trinajstić information content (AvgIpc) is 2.49. The van der Waals surface area contributed by atoms with Gasteiger partial charge in [-0.05, 0) is 48.0 Å². The average molecular weight is 284 g/mol. The van der Waals surface area contributed by atoms with Crippen LogP contribution >= 0.6 is 0 Å². The van der Waals surface area contributed by atoms with Crippen molar-refractivity contribution in [2.45, 2.75) is 0 Å². The van der Waals surface area contributed by atoms with Gasteiger partial charge in [0.15, 0.2) is 11.5 Å². The van der Waals surface area contributed by atoms with Crippen molar-refractivity contribution in [2.75, 3.05) is 18.2 Å². The summed E-state index contributed by atoms with van der Waals surface area (Å²) in [7, 11) is 1.47. The Kier molecular flexibility index (Phi) is 4.46. The number of benzene rings is 2. The highest BCUT2D eigenvalue weighted by molar-refractivity contribution is 6.02. The van der Waals surface area contributed by atoms with Crippen molar-refractivity contribution >= 4 is 23.4 Å². The number of hydrogen-bond donors (Lipinski definition) is 3. The molecule has 5 heteroatoms. The number of ether oxygens (including phenoxy) is 1. The topological polar surface area (TPSA) is 84.6 Å². The molecule has 0 spiro atoms. The molecule has 2 aromatic rings. The van der Waals surface area contributed by atoms with E-state index in [0.29, 0.717) is 17.1 Å². The predicted octanol–water partition coefficient (Wildman–Crippen LogP) is 2.63. The quantitative estimate of drug-likeness (QED) is 0.595. The third kappa shape index (κ3) is 4.01. The summed E-state index contributed by atoms with van der Waals surface area (Å²) in [4.78, 5) is 11.8. The Balaban J connectivity index is 2.03. The van der Waals surface area contributed by atoms with Gasteiger partial charge in [0.2, 0.25) is 5.91 Å². The lowest BCUT2D eigenvalue weighted by molar-refractivity contribution is -0.111. The molecule has 0 atom stereocenters. The van der Waals surface area contributed by atoms with E-state index in [1.54, 1.807) is 42.5 Å². The number of phenolic OH excluding ortho intramolecular Hbond substituents is 1. The zero-order chi connectivity index (χ0) is 15.2. The molecule has 0 heterocycles. The number of carbonyl (C=O) groups is 1. The summed E-state index contributed by atoms with van der Waals surface area (Å²) >= 11 is 0. The zero-order valence-electron chi connectivity index (χ0n) is 11.5. The van der Waals surface area contributed by atoms with Gasteiger partial charge in [0, 0.05) is 17.5 Å². The highest BCUT2D eigenvalue weighted by atomic mass is 16.5. The first-order valence-electron chi connectivity index (χ1n) is 6.30. The van der Waals surface area contributed by atoms with E-state index in [0.717, 1.165) is 5.56 Å². The lowest BCUT2D eigenvalue weighted by Gasteiger charge is -2.04. The van der Waals surface area contributed by atoms with Gasteiger partial charge in [-0.25, -0.2) is 0 Å². The molecule has 0 fully saturated rings. The number of carbonyl (C=O) groups excluding carboxylic acids is 1. The van der Waals surface area contributed by atoms with E-state index < -0.39 is 0 Å². The van der Waals surface area contributed by atoms with Gasteiger partial charge in [0.05, 0.1) is 7.11 Å². The molecule has 1 amide bonds. The molecule has 0 unspecified atom stereocenters. The van der Waals surface area contributed by atoms with Gasteiger partial charge < -0.3 is 20.9 Å². The van der Waals surface area contributed by atoms with E-state index in [1.807, 2.05) is 0 Å². The summed E-state index contributed by atoms with van der Waals surface area (Å²) in [5.41, 5.74) is 7.63. The first-order chi connectivity index (χ1) is 10.1. The smallest absolute Gasteiger partial charge is 0.248 e. The monoisotopic (exact) mass is 284 g/mol. The maximum atomic E-state index is 11.8. The Bertz CT molecular complexity index is 664. The minimum absolute atomic E-state index is 0.0565. The van der Waals surface area contributed by atoms with E-state index in [-0.39, 0.29) is 11.7 Å². The van der Waals surface area contributed by atoms with Crippen LogP contribution in [0.2, 0.25) is 0 Å². The highest BCUT2D eigenvalue weighted by Crippen LogP contribution is 2.26. The van der Waals surface area contributed by atoms with Gasteiger partial charge in [-0.3, -0.25) is 4.79 Å². The number of methoxy groups -OCH3 is 1. The standard InChI is InChI=1S/C16H16N2O3/c1-21-15-10-11(2-8-14(15)19)3-9-16(20)18-13-6-4-12(17)5-7-13/h2-10,19H,17H2,1H3,(H,18,20)/b9-3-. The molecule has 21 heavy (non-hydrogen) atoms. The molecule has 5 nitrogen and oxygen atoms in total. The zero-order valence-corrected chi connectivity index (χ0v) is 11.5. The summed E-state index contributed by atoms with van der Waals surface area (Å²) in [6.07, 6.45) is 3.04. The minimum Gasteiger partial charge on any atom is -0.504 e. The van der Waals surface area contributed by atoms with Crippen LogP contribution in [0, 0.1) is 0 Å². The Morgan fingerprint density at radius 1 is 1.24 bits per heavy atom. The Morgan fingerprint density at radius 2 is 1.95 bits per heavy atom. The van der Waals surface area contributed by atoms with Crippen LogP contribution in [0.15, 0.2) is 48.5 Å². The molecule has 0 bridgehead atoms. The molecule has 0 saturated carbocycles. The number of aromatic hydroxyl groups is 1. The molecular formula is C16H16N2O3. The second-order valence-electron chi connectivity index (χ2n) is 4.38. The van der Waals surface area contributed by atoms with Crippen molar-refractivity contribution in [1.82, 2.24) is 0 Å². The van der Waals surface area contributed by atoms with Crippen LogP contribution in [-0.4, -0.2) is 18.1 Å². The maximum absolute atomic E-state index is 11.8. The van der Waals surface area contributed by atoms with E-state index in [2.05, 4.69) is 5.32 Å². The molecule has 0 saturated heterocycles. The minimum atomic E-state index is -0.258. The molecule has 2 aromatic carbocycles. The lowest BCUT2D eigenvalue weighted by Crippen LogP contribution is -2.07. The van der Waals surface area contributed by atoms with E-state index in [4.69, 9.17) is 10.5 Å². The SMILES string of the molecule is COc1cc(/C=C\C(=O)Nc2ccc(N)cc2)ccc1O. The van der Waals surface area contributed by atoms with Crippen LogP contribution in [0.3, 0.4) is 0 Å². The number of anilines is 2. The van der Waals surface area contributed by atoms with Crippen molar-refractivity contribution < 1.29 is 14.6 Å². The summed E-state index contributed by atoms with van der Waals surface area (Å²) in [5, 5.41) is 12.2. The van der Waals surface area contributed by atoms with Crippen LogP contribution in [0.1, 0.15) is 5.56 Å². The van der Waals surface area contributed by atoms with E-state index >= 15 is 0 Å². The molecule has 0 aliphatic heterocycles. The van der Waals surface area contributed by atoms with Crippen molar-refractivity contribution in [1.29, 1.82) is 0 Å². The Morgan fingerprint density at radius 3 is 2.62 bits per heavy atom. The fourth-order valence-corrected chi connectivity index (χ4v) is 1.72. The molecule has 0 aliphatic carbocycles. The molecular weight excluding hydrogens is 268 g/mol. The van der Waals surface area contributed by atoms with Gasteiger partial charge in [-0.1, -0.05) is 6.07 Å².